The van der Waals surface area contributed by atoms with Gasteiger partial charge in [0.05, 0.1) is 0 Å². The average molecular weight is 647 g/mol. The molecule has 0 saturated heterocycles. The summed E-state index contributed by atoms with van der Waals surface area (Å²) >= 11 is 0. The monoisotopic (exact) mass is 646 g/mol. The van der Waals surface area contributed by atoms with Gasteiger partial charge in [-0.25, -0.2) is 0 Å². The molecule has 0 fully saturated rings. The van der Waals surface area contributed by atoms with Gasteiger partial charge in [-0.05, 0) is 88.4 Å². The second-order valence-electron chi connectivity index (χ2n) is 13.5. The molecule has 0 spiro atoms. The molecule has 10 aromatic carbocycles. The van der Waals surface area contributed by atoms with Gasteiger partial charge in [-0.15, -0.1) is 0 Å². The predicted molar refractivity (Wildman–Crippen MR) is 218 cm³/mol. The van der Waals surface area contributed by atoms with E-state index < -0.39 is 0 Å². The molecule has 0 aliphatic heterocycles. The Labute approximate surface area is 294 Å². The van der Waals surface area contributed by atoms with Crippen molar-refractivity contribution in [3.63, 3.8) is 0 Å². The standard InChI is InChI=1S/C50H30O/c1-2-13-31(14-3-1)35-29-30-45-48(44-28-26-33-16-5-7-18-36(33)50(44)51-45)49(35)47-42-21-10-8-19-40(42)46(41-20-9-11-22-43(41)47)39-24-12-23-37-34-17-6-4-15-32(34)25-27-38(37)39/h1-30H. The quantitative estimate of drug-likeness (QED) is 0.138. The first kappa shape index (κ1) is 28.2. The van der Waals surface area contributed by atoms with E-state index in [0.717, 1.165) is 27.3 Å². The molecule has 0 saturated carbocycles. The number of hydrogen-bond acceptors (Lipinski definition) is 1. The minimum Gasteiger partial charge on any atom is -0.455 e. The molecule has 236 valence electrons. The predicted octanol–water partition coefficient (Wildman–Crippen LogP) is 14.4. The molecule has 0 radical (unpaired) electrons. The second-order valence-corrected chi connectivity index (χ2v) is 13.5. The fraction of sp³-hybridized carbons (Fsp3) is 0. The van der Waals surface area contributed by atoms with Crippen LogP contribution < -0.4 is 0 Å². The molecule has 0 amide bonds. The molecule has 11 rings (SSSR count). The number of fused-ring (bicyclic) bond motifs is 10. The van der Waals surface area contributed by atoms with Gasteiger partial charge in [0.15, 0.2) is 0 Å². The molecule has 0 unspecified atom stereocenters. The zero-order valence-electron chi connectivity index (χ0n) is 27.7. The lowest BCUT2D eigenvalue weighted by Gasteiger charge is -2.21. The number of rotatable bonds is 3. The second kappa shape index (κ2) is 10.9. The van der Waals surface area contributed by atoms with Crippen LogP contribution in [0.5, 0.6) is 0 Å². The molecule has 1 aromatic heterocycles. The fourth-order valence-electron chi connectivity index (χ4n) is 8.66. The van der Waals surface area contributed by atoms with Crippen LogP contribution in [0.3, 0.4) is 0 Å². The molecule has 51 heavy (non-hydrogen) atoms. The summed E-state index contributed by atoms with van der Waals surface area (Å²) in [7, 11) is 0. The molecule has 0 aliphatic rings. The summed E-state index contributed by atoms with van der Waals surface area (Å²) in [6.45, 7) is 0. The molecule has 0 N–H and O–H groups in total. The van der Waals surface area contributed by atoms with E-state index >= 15 is 0 Å². The normalized spacial score (nSPS) is 11.9. The van der Waals surface area contributed by atoms with Gasteiger partial charge in [-0.3, -0.25) is 0 Å². The van der Waals surface area contributed by atoms with Gasteiger partial charge in [0.2, 0.25) is 0 Å². The van der Waals surface area contributed by atoms with Crippen molar-refractivity contribution >= 4 is 75.8 Å². The summed E-state index contributed by atoms with van der Waals surface area (Å²) < 4.78 is 6.82. The number of hydrogen-bond donors (Lipinski definition) is 0. The molecular formula is C50H30O. The van der Waals surface area contributed by atoms with E-state index in [2.05, 4.69) is 182 Å². The van der Waals surface area contributed by atoms with Gasteiger partial charge < -0.3 is 4.42 Å². The van der Waals surface area contributed by atoms with Crippen LogP contribution in [0.25, 0.3) is 109 Å². The Morgan fingerprint density at radius 1 is 0.275 bits per heavy atom. The summed E-state index contributed by atoms with van der Waals surface area (Å²) in [4.78, 5) is 0. The molecule has 1 heteroatoms. The molecule has 0 atom stereocenters. The summed E-state index contributed by atoms with van der Waals surface area (Å²) in [6.07, 6.45) is 0. The Morgan fingerprint density at radius 3 is 1.53 bits per heavy atom. The van der Waals surface area contributed by atoms with E-state index in [-0.39, 0.29) is 0 Å². The van der Waals surface area contributed by atoms with Crippen molar-refractivity contribution in [2.45, 2.75) is 0 Å². The summed E-state index contributed by atoms with van der Waals surface area (Å²) in [6, 6.07) is 66.3. The summed E-state index contributed by atoms with van der Waals surface area (Å²) in [5, 5.41) is 14.6. The first-order valence-corrected chi connectivity index (χ1v) is 17.6. The van der Waals surface area contributed by atoms with Crippen molar-refractivity contribution in [3.05, 3.63) is 182 Å². The van der Waals surface area contributed by atoms with E-state index in [4.69, 9.17) is 4.42 Å². The third-order valence-corrected chi connectivity index (χ3v) is 10.9. The van der Waals surface area contributed by atoms with E-state index in [1.54, 1.807) is 0 Å². The van der Waals surface area contributed by atoms with Crippen molar-refractivity contribution in [2.24, 2.45) is 0 Å². The topological polar surface area (TPSA) is 13.1 Å². The highest BCUT2D eigenvalue weighted by atomic mass is 16.3. The molecule has 1 heterocycles. The van der Waals surface area contributed by atoms with E-state index in [9.17, 15) is 0 Å². The lowest BCUT2D eigenvalue weighted by Crippen LogP contribution is -1.94. The zero-order chi connectivity index (χ0) is 33.5. The van der Waals surface area contributed by atoms with E-state index in [1.165, 1.54) is 81.9 Å². The maximum Gasteiger partial charge on any atom is 0.143 e. The van der Waals surface area contributed by atoms with Gasteiger partial charge in [-0.1, -0.05) is 170 Å². The van der Waals surface area contributed by atoms with Gasteiger partial charge in [0.1, 0.15) is 11.2 Å². The van der Waals surface area contributed by atoms with Gasteiger partial charge in [-0.2, -0.15) is 0 Å². The minimum absolute atomic E-state index is 0.897. The van der Waals surface area contributed by atoms with E-state index in [1.807, 2.05) is 0 Å². The fourth-order valence-corrected chi connectivity index (χ4v) is 8.66. The average Bonchev–Trinajstić information content (AvgIpc) is 3.59. The smallest absolute Gasteiger partial charge is 0.143 e. The summed E-state index contributed by atoms with van der Waals surface area (Å²) in [5.74, 6) is 0. The SMILES string of the molecule is c1ccc(-c2ccc3oc4c5ccccc5ccc4c3c2-c2c3ccccc3c(-c3cccc4c3ccc3ccccc34)c3ccccc23)cc1. The van der Waals surface area contributed by atoms with Crippen LogP contribution in [-0.4, -0.2) is 0 Å². The van der Waals surface area contributed by atoms with Gasteiger partial charge >= 0.3 is 0 Å². The maximum absolute atomic E-state index is 6.82. The Morgan fingerprint density at radius 2 is 0.824 bits per heavy atom. The number of furan rings is 1. The molecular weight excluding hydrogens is 617 g/mol. The van der Waals surface area contributed by atoms with Gasteiger partial charge in [0.25, 0.3) is 0 Å². The molecule has 0 aliphatic carbocycles. The minimum atomic E-state index is 0.897. The Bertz CT molecular complexity index is 3130. The number of benzene rings is 10. The van der Waals surface area contributed by atoms with Crippen LogP contribution in [0.4, 0.5) is 0 Å². The largest absolute Gasteiger partial charge is 0.455 e. The molecule has 1 nitrogen and oxygen atoms in total. The Balaban J connectivity index is 1.33. The highest BCUT2D eigenvalue weighted by Gasteiger charge is 2.24. The lowest BCUT2D eigenvalue weighted by molar-refractivity contribution is 0.673. The van der Waals surface area contributed by atoms with E-state index in [0.29, 0.717) is 0 Å². The van der Waals surface area contributed by atoms with Crippen molar-refractivity contribution in [2.75, 3.05) is 0 Å². The summed E-state index contributed by atoms with van der Waals surface area (Å²) in [5.41, 5.74) is 9.16. The molecule has 11 aromatic rings. The zero-order valence-corrected chi connectivity index (χ0v) is 27.7. The van der Waals surface area contributed by atoms with Crippen LogP contribution in [0.15, 0.2) is 186 Å². The molecule has 0 bridgehead atoms. The third kappa shape index (κ3) is 4.09. The lowest BCUT2D eigenvalue weighted by atomic mass is 9.81. The Hall–Kier alpha value is -6.70. The Kier molecular flexibility index (Phi) is 6.02. The van der Waals surface area contributed by atoms with Crippen molar-refractivity contribution in [1.82, 2.24) is 0 Å². The first-order chi connectivity index (χ1) is 25.3. The van der Waals surface area contributed by atoms with Crippen molar-refractivity contribution in [1.29, 1.82) is 0 Å². The van der Waals surface area contributed by atoms with Crippen LogP contribution >= 0.6 is 0 Å². The van der Waals surface area contributed by atoms with Crippen molar-refractivity contribution in [3.8, 4) is 33.4 Å². The van der Waals surface area contributed by atoms with Crippen molar-refractivity contribution < 1.29 is 4.42 Å². The van der Waals surface area contributed by atoms with Gasteiger partial charge in [0, 0.05) is 21.7 Å². The van der Waals surface area contributed by atoms with Crippen LogP contribution in [0.1, 0.15) is 0 Å². The first-order valence-electron chi connectivity index (χ1n) is 17.6. The third-order valence-electron chi connectivity index (χ3n) is 10.9. The van der Waals surface area contributed by atoms with Crippen LogP contribution in [-0.2, 0) is 0 Å². The maximum atomic E-state index is 6.82. The van der Waals surface area contributed by atoms with Crippen LogP contribution in [0.2, 0.25) is 0 Å². The highest BCUT2D eigenvalue weighted by molar-refractivity contribution is 6.30. The van der Waals surface area contributed by atoms with Crippen LogP contribution in [0, 0.1) is 0 Å². The highest BCUT2D eigenvalue weighted by Crippen LogP contribution is 2.51.